The number of aromatic amines is 1. The number of hydrogen-bond acceptors (Lipinski definition) is 3. The van der Waals surface area contributed by atoms with Crippen molar-refractivity contribution >= 4 is 11.7 Å². The molecule has 0 atom stereocenters. The Kier molecular flexibility index (Phi) is 5.16. The summed E-state index contributed by atoms with van der Waals surface area (Å²) in [6.07, 6.45) is 2.43. The van der Waals surface area contributed by atoms with E-state index in [2.05, 4.69) is 18.0 Å². The van der Waals surface area contributed by atoms with Crippen LogP contribution in [0.3, 0.4) is 0 Å². The molecule has 1 amide bonds. The van der Waals surface area contributed by atoms with Crippen molar-refractivity contribution in [2.75, 3.05) is 13.7 Å². The number of aromatic nitrogens is 1. The molecule has 2 heterocycles. The van der Waals surface area contributed by atoms with Crippen molar-refractivity contribution in [1.29, 1.82) is 0 Å². The van der Waals surface area contributed by atoms with E-state index >= 15 is 0 Å². The Bertz CT molecular complexity index is 851. The number of methoxy groups -OCH3 is 1. The fraction of sp³-hybridized carbons (Fsp3) is 0.429. The quantitative estimate of drug-likeness (QED) is 0.833. The van der Waals surface area contributed by atoms with Gasteiger partial charge in [-0.1, -0.05) is 19.4 Å². The largest absolute Gasteiger partial charge is 0.497 e. The zero-order valence-corrected chi connectivity index (χ0v) is 15.9. The van der Waals surface area contributed by atoms with E-state index in [4.69, 9.17) is 4.74 Å². The molecule has 0 saturated heterocycles. The van der Waals surface area contributed by atoms with Crippen LogP contribution in [-0.4, -0.2) is 35.2 Å². The van der Waals surface area contributed by atoms with E-state index in [0.29, 0.717) is 24.3 Å². The van der Waals surface area contributed by atoms with Crippen molar-refractivity contribution in [2.24, 2.45) is 0 Å². The van der Waals surface area contributed by atoms with Gasteiger partial charge in [-0.25, -0.2) is 0 Å². The number of nitrogens with zero attached hydrogens (tertiary/aromatic N) is 1. The molecule has 1 N–H and O–H groups in total. The molecular formula is C21H26N2O3. The second-order valence-corrected chi connectivity index (χ2v) is 6.90. The lowest BCUT2D eigenvalue weighted by Gasteiger charge is -2.29. The van der Waals surface area contributed by atoms with E-state index in [1.54, 1.807) is 14.0 Å². The molecule has 1 aromatic heterocycles. The highest BCUT2D eigenvalue weighted by Crippen LogP contribution is 2.27. The lowest BCUT2D eigenvalue weighted by molar-refractivity contribution is 0.0728. The molecule has 5 heteroatoms. The number of rotatable bonds is 5. The van der Waals surface area contributed by atoms with E-state index < -0.39 is 0 Å². The Morgan fingerprint density at radius 3 is 2.69 bits per heavy atom. The van der Waals surface area contributed by atoms with Crippen LogP contribution in [0.4, 0.5) is 0 Å². The van der Waals surface area contributed by atoms with Crippen molar-refractivity contribution in [2.45, 2.75) is 46.6 Å². The number of Topliss-reactive ketones (excluding diaryl/α,β-unsaturated/α-hetero) is 1. The summed E-state index contributed by atoms with van der Waals surface area (Å²) in [5, 5.41) is 0. The number of carbonyl (C=O) groups excluding carboxylic acids is 2. The Hall–Kier alpha value is -2.56. The minimum atomic E-state index is -0.0301. The number of benzene rings is 1. The highest BCUT2D eigenvalue weighted by atomic mass is 16.5. The maximum atomic E-state index is 13.2. The van der Waals surface area contributed by atoms with E-state index in [1.165, 1.54) is 5.56 Å². The van der Waals surface area contributed by atoms with Crippen molar-refractivity contribution < 1.29 is 14.3 Å². The number of H-pyrrole nitrogens is 1. The van der Waals surface area contributed by atoms with E-state index in [-0.39, 0.29) is 11.7 Å². The average Bonchev–Trinajstić information content (AvgIpc) is 2.96. The predicted octanol–water partition coefficient (Wildman–Crippen LogP) is 3.69. The van der Waals surface area contributed by atoms with Gasteiger partial charge in [0.15, 0.2) is 5.78 Å². The van der Waals surface area contributed by atoms with Crippen molar-refractivity contribution in [3.05, 3.63) is 51.8 Å². The lowest BCUT2D eigenvalue weighted by Crippen LogP contribution is -2.36. The smallest absolute Gasteiger partial charge is 0.270 e. The van der Waals surface area contributed by atoms with Crippen LogP contribution in [0, 0.1) is 6.92 Å². The molecule has 0 fully saturated rings. The normalized spacial score (nSPS) is 13.5. The molecule has 0 bridgehead atoms. The van der Waals surface area contributed by atoms with Gasteiger partial charge in [0.2, 0.25) is 0 Å². The number of ketones is 1. The fourth-order valence-corrected chi connectivity index (χ4v) is 3.83. The summed E-state index contributed by atoms with van der Waals surface area (Å²) in [4.78, 5) is 30.3. The van der Waals surface area contributed by atoms with Gasteiger partial charge < -0.3 is 14.6 Å². The van der Waals surface area contributed by atoms with Crippen LogP contribution in [0.1, 0.15) is 63.5 Å². The van der Waals surface area contributed by atoms with E-state index in [1.807, 2.05) is 24.0 Å². The number of fused-ring (bicyclic) bond motifs is 1. The molecule has 1 aromatic carbocycles. The SMILES string of the molecule is CCCc1c(C(=O)N2CCc3ccc(OC)cc3C2)[nH]c(C)c1C(C)=O. The molecular weight excluding hydrogens is 328 g/mol. The summed E-state index contributed by atoms with van der Waals surface area (Å²) in [5.41, 5.74) is 5.27. The van der Waals surface area contributed by atoms with Gasteiger partial charge in [-0.2, -0.15) is 0 Å². The number of carbonyl (C=O) groups is 2. The third kappa shape index (κ3) is 3.26. The number of nitrogens with one attached hydrogen (secondary N) is 1. The summed E-state index contributed by atoms with van der Waals surface area (Å²) >= 11 is 0. The zero-order valence-electron chi connectivity index (χ0n) is 15.9. The highest BCUT2D eigenvalue weighted by molar-refractivity contribution is 6.02. The van der Waals surface area contributed by atoms with Gasteiger partial charge in [0.05, 0.1) is 7.11 Å². The minimum Gasteiger partial charge on any atom is -0.497 e. The Labute approximate surface area is 154 Å². The first kappa shape index (κ1) is 18.2. The Morgan fingerprint density at radius 2 is 2.04 bits per heavy atom. The van der Waals surface area contributed by atoms with E-state index in [0.717, 1.165) is 41.8 Å². The monoisotopic (exact) mass is 354 g/mol. The van der Waals surface area contributed by atoms with Crippen molar-refractivity contribution in [3.8, 4) is 5.75 Å². The summed E-state index contributed by atoms with van der Waals surface area (Å²) in [6.45, 7) is 6.72. The Balaban J connectivity index is 1.92. The summed E-state index contributed by atoms with van der Waals surface area (Å²) in [5.74, 6) is 0.784. The Morgan fingerprint density at radius 1 is 1.27 bits per heavy atom. The first-order valence-electron chi connectivity index (χ1n) is 9.13. The van der Waals surface area contributed by atoms with Crippen molar-refractivity contribution in [3.63, 3.8) is 0 Å². The van der Waals surface area contributed by atoms with Crippen LogP contribution < -0.4 is 4.74 Å². The molecule has 0 unspecified atom stereocenters. The highest BCUT2D eigenvalue weighted by Gasteiger charge is 2.28. The van der Waals surface area contributed by atoms with Gasteiger partial charge in [-0.15, -0.1) is 0 Å². The summed E-state index contributed by atoms with van der Waals surface area (Å²) in [7, 11) is 1.65. The third-order valence-corrected chi connectivity index (χ3v) is 5.07. The first-order valence-corrected chi connectivity index (χ1v) is 9.13. The average molecular weight is 354 g/mol. The molecule has 3 rings (SSSR count). The second-order valence-electron chi connectivity index (χ2n) is 6.90. The third-order valence-electron chi connectivity index (χ3n) is 5.07. The van der Waals surface area contributed by atoms with Crippen LogP contribution in [0.25, 0.3) is 0 Å². The molecule has 0 radical (unpaired) electrons. The van der Waals surface area contributed by atoms with Gasteiger partial charge >= 0.3 is 0 Å². The van der Waals surface area contributed by atoms with Gasteiger partial charge in [-0.3, -0.25) is 9.59 Å². The lowest BCUT2D eigenvalue weighted by atomic mass is 9.97. The fourth-order valence-electron chi connectivity index (χ4n) is 3.83. The second kappa shape index (κ2) is 7.36. The maximum absolute atomic E-state index is 13.2. The molecule has 2 aromatic rings. The predicted molar refractivity (Wildman–Crippen MR) is 101 cm³/mol. The number of hydrogen-bond donors (Lipinski definition) is 1. The zero-order chi connectivity index (χ0) is 18.8. The molecule has 1 aliphatic rings. The minimum absolute atomic E-state index is 0.00924. The molecule has 26 heavy (non-hydrogen) atoms. The van der Waals surface area contributed by atoms with Crippen LogP contribution in [0.5, 0.6) is 5.75 Å². The van der Waals surface area contributed by atoms with E-state index in [9.17, 15) is 9.59 Å². The first-order chi connectivity index (χ1) is 12.5. The molecule has 0 aliphatic carbocycles. The summed E-state index contributed by atoms with van der Waals surface area (Å²) in [6, 6.07) is 6.04. The van der Waals surface area contributed by atoms with Crippen molar-refractivity contribution in [1.82, 2.24) is 9.88 Å². The maximum Gasteiger partial charge on any atom is 0.270 e. The summed E-state index contributed by atoms with van der Waals surface area (Å²) < 4.78 is 5.31. The molecule has 0 spiro atoms. The van der Waals surface area contributed by atoms with Gasteiger partial charge in [0.1, 0.15) is 11.4 Å². The number of aryl methyl sites for hydroxylation is 1. The molecule has 0 saturated carbocycles. The molecule has 138 valence electrons. The van der Waals surface area contributed by atoms with Crippen LogP contribution >= 0.6 is 0 Å². The van der Waals surface area contributed by atoms with Gasteiger partial charge in [0.25, 0.3) is 5.91 Å². The van der Waals surface area contributed by atoms with Gasteiger partial charge in [0, 0.05) is 24.3 Å². The topological polar surface area (TPSA) is 62.4 Å². The van der Waals surface area contributed by atoms with Crippen LogP contribution in [0.15, 0.2) is 18.2 Å². The molecule has 5 nitrogen and oxygen atoms in total. The number of ether oxygens (including phenoxy) is 1. The van der Waals surface area contributed by atoms with Crippen LogP contribution in [-0.2, 0) is 19.4 Å². The standard InChI is InChI=1S/C21H26N2O3/c1-5-6-18-19(14(3)24)13(2)22-20(18)21(25)23-10-9-15-7-8-17(26-4)11-16(15)12-23/h7-8,11,22H,5-6,9-10,12H2,1-4H3. The number of amides is 1. The van der Waals surface area contributed by atoms with Crippen LogP contribution in [0.2, 0.25) is 0 Å². The molecule has 1 aliphatic heterocycles. The van der Waals surface area contributed by atoms with Gasteiger partial charge in [-0.05, 0) is 55.5 Å².